The first-order chi connectivity index (χ1) is 8.81. The summed E-state index contributed by atoms with van der Waals surface area (Å²) >= 11 is 5.85. The summed E-state index contributed by atoms with van der Waals surface area (Å²) in [5, 5.41) is 0. The van der Waals surface area contributed by atoms with Gasteiger partial charge in [-0.2, -0.15) is 0 Å². The fourth-order valence-electron chi connectivity index (χ4n) is 3.32. The van der Waals surface area contributed by atoms with Gasteiger partial charge < -0.3 is 9.80 Å². The van der Waals surface area contributed by atoms with E-state index >= 15 is 0 Å². The SMILES string of the molecule is CN1CCCCC1CCN(CCCCl)C1CCC1. The Balaban J connectivity index is 1.73. The number of nitrogens with zero attached hydrogens (tertiary/aromatic N) is 2. The molecule has 1 unspecified atom stereocenters. The fourth-order valence-corrected chi connectivity index (χ4v) is 3.43. The Labute approximate surface area is 118 Å². The molecule has 0 bridgehead atoms. The van der Waals surface area contributed by atoms with Crippen LogP contribution in [-0.4, -0.2) is 54.4 Å². The minimum Gasteiger partial charge on any atom is -0.303 e. The van der Waals surface area contributed by atoms with Crippen molar-refractivity contribution in [2.24, 2.45) is 0 Å². The smallest absolute Gasteiger partial charge is 0.0235 e. The van der Waals surface area contributed by atoms with Gasteiger partial charge in [-0.25, -0.2) is 0 Å². The molecule has 0 aromatic carbocycles. The monoisotopic (exact) mass is 272 g/mol. The molecule has 2 aliphatic rings. The molecule has 1 aliphatic heterocycles. The second-order valence-corrected chi connectivity index (χ2v) is 6.46. The first-order valence-electron chi connectivity index (χ1n) is 7.81. The molecule has 2 rings (SSSR count). The van der Waals surface area contributed by atoms with Crippen LogP contribution in [0.4, 0.5) is 0 Å². The lowest BCUT2D eigenvalue weighted by Gasteiger charge is -2.40. The number of rotatable bonds is 7. The van der Waals surface area contributed by atoms with E-state index in [0.29, 0.717) is 0 Å². The predicted molar refractivity (Wildman–Crippen MR) is 79.4 cm³/mol. The zero-order valence-electron chi connectivity index (χ0n) is 11.9. The molecule has 1 saturated heterocycles. The van der Waals surface area contributed by atoms with Crippen molar-refractivity contribution in [3.8, 4) is 0 Å². The molecule has 2 nitrogen and oxygen atoms in total. The Morgan fingerprint density at radius 1 is 1.11 bits per heavy atom. The lowest BCUT2D eigenvalue weighted by atomic mass is 9.90. The highest BCUT2D eigenvalue weighted by molar-refractivity contribution is 6.17. The molecule has 106 valence electrons. The van der Waals surface area contributed by atoms with E-state index in [1.165, 1.54) is 64.6 Å². The van der Waals surface area contributed by atoms with Crippen LogP contribution in [0.3, 0.4) is 0 Å². The summed E-state index contributed by atoms with van der Waals surface area (Å²) in [5.74, 6) is 0.812. The molecule has 1 saturated carbocycles. The van der Waals surface area contributed by atoms with Crippen LogP contribution in [0.5, 0.6) is 0 Å². The van der Waals surface area contributed by atoms with E-state index in [1.54, 1.807) is 0 Å². The molecular formula is C15H29ClN2. The van der Waals surface area contributed by atoms with Crippen LogP contribution < -0.4 is 0 Å². The van der Waals surface area contributed by atoms with Crippen molar-refractivity contribution in [2.75, 3.05) is 32.6 Å². The summed E-state index contributed by atoms with van der Waals surface area (Å²) < 4.78 is 0. The van der Waals surface area contributed by atoms with E-state index in [1.807, 2.05) is 0 Å². The number of likely N-dealkylation sites (tertiary alicyclic amines) is 1. The third-order valence-corrected chi connectivity index (χ3v) is 5.11. The maximum absolute atomic E-state index is 5.85. The zero-order valence-corrected chi connectivity index (χ0v) is 12.7. The third kappa shape index (κ3) is 4.11. The highest BCUT2D eigenvalue weighted by Crippen LogP contribution is 2.26. The van der Waals surface area contributed by atoms with E-state index in [2.05, 4.69) is 16.8 Å². The van der Waals surface area contributed by atoms with Gasteiger partial charge in [-0.05, 0) is 65.2 Å². The Morgan fingerprint density at radius 3 is 2.56 bits per heavy atom. The van der Waals surface area contributed by atoms with Crippen molar-refractivity contribution < 1.29 is 0 Å². The van der Waals surface area contributed by atoms with Crippen LogP contribution in [0.2, 0.25) is 0 Å². The number of halogens is 1. The van der Waals surface area contributed by atoms with Crippen LogP contribution >= 0.6 is 11.6 Å². The van der Waals surface area contributed by atoms with Gasteiger partial charge in [0.25, 0.3) is 0 Å². The zero-order chi connectivity index (χ0) is 12.8. The lowest BCUT2D eigenvalue weighted by Crippen LogP contribution is -2.44. The summed E-state index contributed by atoms with van der Waals surface area (Å²) in [6.07, 6.45) is 11.0. The Bertz CT molecular complexity index is 231. The molecule has 3 heteroatoms. The maximum Gasteiger partial charge on any atom is 0.0235 e. The highest BCUT2D eigenvalue weighted by atomic mass is 35.5. The number of hydrogen-bond donors (Lipinski definition) is 0. The van der Waals surface area contributed by atoms with Crippen LogP contribution in [0.15, 0.2) is 0 Å². The summed E-state index contributed by atoms with van der Waals surface area (Å²) in [5.41, 5.74) is 0. The topological polar surface area (TPSA) is 6.48 Å². The molecule has 0 amide bonds. The van der Waals surface area contributed by atoms with Gasteiger partial charge in [0.2, 0.25) is 0 Å². The first kappa shape index (κ1) is 14.6. The second kappa shape index (κ2) is 7.72. The summed E-state index contributed by atoms with van der Waals surface area (Å²) in [6.45, 7) is 3.80. The largest absolute Gasteiger partial charge is 0.303 e. The van der Waals surface area contributed by atoms with E-state index in [0.717, 1.165) is 24.4 Å². The van der Waals surface area contributed by atoms with Gasteiger partial charge in [-0.1, -0.05) is 12.8 Å². The second-order valence-electron chi connectivity index (χ2n) is 6.08. The average molecular weight is 273 g/mol. The van der Waals surface area contributed by atoms with Crippen LogP contribution in [-0.2, 0) is 0 Å². The lowest BCUT2D eigenvalue weighted by molar-refractivity contribution is 0.100. The van der Waals surface area contributed by atoms with Gasteiger partial charge in [-0.15, -0.1) is 11.6 Å². The molecule has 1 heterocycles. The number of alkyl halides is 1. The molecule has 0 aromatic heterocycles. The molecule has 18 heavy (non-hydrogen) atoms. The molecule has 2 fully saturated rings. The molecule has 1 aliphatic carbocycles. The van der Waals surface area contributed by atoms with E-state index in [-0.39, 0.29) is 0 Å². The van der Waals surface area contributed by atoms with Crippen LogP contribution in [0.1, 0.15) is 51.4 Å². The molecule has 0 radical (unpaired) electrons. The summed E-state index contributed by atoms with van der Waals surface area (Å²) in [6, 6.07) is 1.71. The summed E-state index contributed by atoms with van der Waals surface area (Å²) in [7, 11) is 2.30. The first-order valence-corrected chi connectivity index (χ1v) is 8.35. The molecular weight excluding hydrogens is 244 g/mol. The highest BCUT2D eigenvalue weighted by Gasteiger charge is 2.26. The molecule has 0 N–H and O–H groups in total. The minimum atomic E-state index is 0.812. The van der Waals surface area contributed by atoms with E-state index in [4.69, 9.17) is 11.6 Å². The van der Waals surface area contributed by atoms with Gasteiger partial charge >= 0.3 is 0 Å². The quantitative estimate of drug-likeness (QED) is 0.656. The molecule has 0 aromatic rings. The Hall–Kier alpha value is 0.210. The number of piperidine rings is 1. The van der Waals surface area contributed by atoms with Crippen LogP contribution in [0, 0.1) is 0 Å². The van der Waals surface area contributed by atoms with Crippen LogP contribution in [0.25, 0.3) is 0 Å². The van der Waals surface area contributed by atoms with Gasteiger partial charge in [0.15, 0.2) is 0 Å². The van der Waals surface area contributed by atoms with Gasteiger partial charge in [-0.3, -0.25) is 0 Å². The van der Waals surface area contributed by atoms with Crippen molar-refractivity contribution in [2.45, 2.75) is 63.5 Å². The minimum absolute atomic E-state index is 0.812. The van der Waals surface area contributed by atoms with Gasteiger partial charge in [0.1, 0.15) is 0 Å². The third-order valence-electron chi connectivity index (χ3n) is 4.84. The molecule has 1 atom stereocenters. The normalized spacial score (nSPS) is 26.5. The van der Waals surface area contributed by atoms with Crippen molar-refractivity contribution in [1.82, 2.24) is 9.80 Å². The van der Waals surface area contributed by atoms with Gasteiger partial charge in [0.05, 0.1) is 0 Å². The van der Waals surface area contributed by atoms with E-state index < -0.39 is 0 Å². The van der Waals surface area contributed by atoms with Crippen molar-refractivity contribution in [3.63, 3.8) is 0 Å². The molecule has 0 spiro atoms. The number of hydrogen-bond acceptors (Lipinski definition) is 2. The van der Waals surface area contributed by atoms with Crippen molar-refractivity contribution in [1.29, 1.82) is 0 Å². The standard InChI is InChI=1S/C15H29ClN2/c1-17-11-3-2-6-14(17)9-13-18(12-5-10-16)15-7-4-8-15/h14-15H,2-13H2,1H3. The van der Waals surface area contributed by atoms with Gasteiger partial charge in [0, 0.05) is 18.0 Å². The van der Waals surface area contributed by atoms with Crippen molar-refractivity contribution >= 4 is 11.6 Å². The Morgan fingerprint density at radius 2 is 1.94 bits per heavy atom. The Kier molecular flexibility index (Phi) is 6.26. The summed E-state index contributed by atoms with van der Waals surface area (Å²) in [4.78, 5) is 5.29. The fraction of sp³-hybridized carbons (Fsp3) is 1.00. The predicted octanol–water partition coefficient (Wildman–Crippen LogP) is 3.34. The average Bonchev–Trinajstić information content (AvgIpc) is 2.32. The van der Waals surface area contributed by atoms with Crippen molar-refractivity contribution in [3.05, 3.63) is 0 Å². The maximum atomic E-state index is 5.85. The van der Waals surface area contributed by atoms with E-state index in [9.17, 15) is 0 Å².